The first-order valence-corrected chi connectivity index (χ1v) is 9.75. The van der Waals surface area contributed by atoms with Crippen LogP contribution >= 0.6 is 0 Å². The molecule has 174 valence electrons. The molecule has 1 aromatic heterocycles. The lowest BCUT2D eigenvalue weighted by Gasteiger charge is -2.38. The summed E-state index contributed by atoms with van der Waals surface area (Å²) in [7, 11) is 1.24. The maximum atomic E-state index is 12.7. The molecule has 5 atom stereocenters. The zero-order valence-corrected chi connectivity index (χ0v) is 17.1. The highest BCUT2D eigenvalue weighted by atomic mass is 16.7. The predicted octanol–water partition coefficient (Wildman–Crippen LogP) is 0.445. The number of phenols is 1. The normalized spacial score (nSPS) is 25.0. The van der Waals surface area contributed by atoms with E-state index in [9.17, 15) is 35.1 Å². The first-order valence-electron chi connectivity index (χ1n) is 9.75. The molecule has 0 saturated carbocycles. The second-order valence-corrected chi connectivity index (χ2v) is 7.33. The van der Waals surface area contributed by atoms with Gasteiger partial charge >= 0.3 is 5.97 Å². The minimum absolute atomic E-state index is 0.152. The SMILES string of the molecule is COc1c(O[C@@H]2O[C@H](C(=O)O)[C@@H](O)[C@H](O)[C@H]2O)cc(O)c2c(=O)cc(-c3ccccc3)oc12. The van der Waals surface area contributed by atoms with E-state index in [-0.39, 0.29) is 28.2 Å². The third kappa shape index (κ3) is 3.98. The third-order valence-electron chi connectivity index (χ3n) is 5.22. The van der Waals surface area contributed by atoms with Crippen LogP contribution in [0.4, 0.5) is 0 Å². The number of methoxy groups -OCH3 is 1. The number of hydrogen-bond acceptors (Lipinski definition) is 10. The molecule has 3 aromatic rings. The van der Waals surface area contributed by atoms with Crippen molar-refractivity contribution in [3.8, 4) is 28.6 Å². The quantitative estimate of drug-likeness (QED) is 0.357. The average molecular weight is 460 g/mol. The maximum Gasteiger partial charge on any atom is 0.335 e. The van der Waals surface area contributed by atoms with Gasteiger partial charge in [-0.2, -0.15) is 0 Å². The van der Waals surface area contributed by atoms with Crippen molar-refractivity contribution < 1.29 is 49.0 Å². The zero-order valence-electron chi connectivity index (χ0n) is 17.1. The number of benzene rings is 2. The molecule has 11 heteroatoms. The molecule has 2 aromatic carbocycles. The number of carboxylic acids is 1. The van der Waals surface area contributed by atoms with E-state index >= 15 is 0 Å². The van der Waals surface area contributed by atoms with Gasteiger partial charge < -0.3 is 44.2 Å². The minimum Gasteiger partial charge on any atom is -0.507 e. The molecule has 11 nitrogen and oxygen atoms in total. The van der Waals surface area contributed by atoms with Gasteiger partial charge in [-0.25, -0.2) is 4.79 Å². The zero-order chi connectivity index (χ0) is 23.9. The van der Waals surface area contributed by atoms with Crippen molar-refractivity contribution in [3.63, 3.8) is 0 Å². The molecule has 0 radical (unpaired) electrons. The molecule has 5 N–H and O–H groups in total. The highest BCUT2D eigenvalue weighted by Gasteiger charge is 2.48. The number of aliphatic carboxylic acids is 1. The van der Waals surface area contributed by atoms with Crippen LogP contribution in [-0.2, 0) is 9.53 Å². The van der Waals surface area contributed by atoms with Crippen molar-refractivity contribution in [2.24, 2.45) is 0 Å². The topological polar surface area (TPSA) is 176 Å². The van der Waals surface area contributed by atoms with Crippen LogP contribution in [-0.4, -0.2) is 69.3 Å². The smallest absolute Gasteiger partial charge is 0.335 e. The highest BCUT2D eigenvalue weighted by molar-refractivity contribution is 5.91. The van der Waals surface area contributed by atoms with Gasteiger partial charge in [0.2, 0.25) is 12.0 Å². The number of phenolic OH excluding ortho intramolecular Hbond substituents is 1. The summed E-state index contributed by atoms with van der Waals surface area (Å²) >= 11 is 0. The van der Waals surface area contributed by atoms with E-state index in [0.717, 1.165) is 6.07 Å². The number of fused-ring (bicyclic) bond motifs is 1. The average Bonchev–Trinajstić information content (AvgIpc) is 2.79. The van der Waals surface area contributed by atoms with Crippen LogP contribution < -0.4 is 14.9 Å². The van der Waals surface area contributed by atoms with Crippen molar-refractivity contribution in [2.75, 3.05) is 7.11 Å². The molecule has 33 heavy (non-hydrogen) atoms. The van der Waals surface area contributed by atoms with E-state index in [1.807, 2.05) is 0 Å². The van der Waals surface area contributed by atoms with Gasteiger partial charge in [-0.05, 0) is 0 Å². The van der Waals surface area contributed by atoms with Gasteiger partial charge in [0.25, 0.3) is 0 Å². The van der Waals surface area contributed by atoms with Crippen LogP contribution in [0.1, 0.15) is 0 Å². The second kappa shape index (κ2) is 8.71. The molecule has 4 rings (SSSR count). The van der Waals surface area contributed by atoms with Crippen LogP contribution in [0.5, 0.6) is 17.2 Å². The van der Waals surface area contributed by atoms with Gasteiger partial charge in [0, 0.05) is 17.7 Å². The van der Waals surface area contributed by atoms with Crippen LogP contribution in [0.15, 0.2) is 51.7 Å². The Hall–Kier alpha value is -3.64. The Labute approximate surface area is 185 Å². The van der Waals surface area contributed by atoms with Crippen LogP contribution in [0.25, 0.3) is 22.3 Å². The molecule has 1 saturated heterocycles. The molecule has 0 aliphatic carbocycles. The molecular formula is C22H20O11. The Morgan fingerprint density at radius 1 is 1.03 bits per heavy atom. The minimum atomic E-state index is -1.91. The van der Waals surface area contributed by atoms with Crippen molar-refractivity contribution in [3.05, 3.63) is 52.7 Å². The summed E-state index contributed by atoms with van der Waals surface area (Å²) in [6.45, 7) is 0. The summed E-state index contributed by atoms with van der Waals surface area (Å²) < 4.78 is 21.8. The molecule has 0 unspecified atom stereocenters. The second-order valence-electron chi connectivity index (χ2n) is 7.33. The first-order chi connectivity index (χ1) is 15.7. The fourth-order valence-electron chi connectivity index (χ4n) is 3.57. The number of ether oxygens (including phenoxy) is 3. The van der Waals surface area contributed by atoms with Gasteiger partial charge in [0.1, 0.15) is 35.2 Å². The number of aliphatic hydroxyl groups excluding tert-OH is 3. The Morgan fingerprint density at radius 2 is 1.73 bits per heavy atom. The van der Waals surface area contributed by atoms with E-state index in [1.165, 1.54) is 13.2 Å². The summed E-state index contributed by atoms with van der Waals surface area (Å²) in [5.41, 5.74) is -0.146. The highest BCUT2D eigenvalue weighted by Crippen LogP contribution is 2.42. The van der Waals surface area contributed by atoms with Crippen LogP contribution in [0, 0.1) is 0 Å². The Kier molecular flexibility index (Phi) is 5.95. The maximum absolute atomic E-state index is 12.7. The lowest BCUT2D eigenvalue weighted by Crippen LogP contribution is -2.61. The molecule has 1 aliphatic rings. The Balaban J connectivity index is 1.81. The van der Waals surface area contributed by atoms with Crippen molar-refractivity contribution >= 4 is 16.9 Å². The van der Waals surface area contributed by atoms with E-state index in [1.54, 1.807) is 30.3 Å². The molecule has 0 amide bonds. The summed E-state index contributed by atoms with van der Waals surface area (Å²) in [6, 6.07) is 10.9. The van der Waals surface area contributed by atoms with Crippen molar-refractivity contribution in [1.82, 2.24) is 0 Å². The number of aliphatic hydroxyl groups is 3. The summed E-state index contributed by atoms with van der Waals surface area (Å²) in [5.74, 6) is -2.36. The Bertz CT molecular complexity index is 1240. The van der Waals surface area contributed by atoms with Gasteiger partial charge in [-0.1, -0.05) is 30.3 Å². The molecule has 0 spiro atoms. The largest absolute Gasteiger partial charge is 0.507 e. The number of hydrogen-bond donors (Lipinski definition) is 5. The van der Waals surface area contributed by atoms with E-state index < -0.39 is 47.9 Å². The fraction of sp³-hybridized carbons (Fsp3) is 0.273. The number of carboxylic acid groups (broad SMARTS) is 1. The summed E-state index contributed by atoms with van der Waals surface area (Å²) in [4.78, 5) is 24.0. The number of rotatable bonds is 5. The lowest BCUT2D eigenvalue weighted by atomic mass is 9.99. The van der Waals surface area contributed by atoms with Gasteiger partial charge in [0.15, 0.2) is 22.9 Å². The predicted molar refractivity (Wildman–Crippen MR) is 111 cm³/mol. The van der Waals surface area contributed by atoms with Crippen LogP contribution in [0.3, 0.4) is 0 Å². The van der Waals surface area contributed by atoms with E-state index in [0.29, 0.717) is 5.56 Å². The molecule has 1 fully saturated rings. The molecule has 2 heterocycles. The monoisotopic (exact) mass is 460 g/mol. The number of aromatic hydroxyl groups is 1. The Morgan fingerprint density at radius 3 is 2.36 bits per heavy atom. The lowest BCUT2D eigenvalue weighted by molar-refractivity contribution is -0.271. The summed E-state index contributed by atoms with van der Waals surface area (Å²) in [5, 5.41) is 49.5. The van der Waals surface area contributed by atoms with Crippen LogP contribution in [0.2, 0.25) is 0 Å². The van der Waals surface area contributed by atoms with Crippen molar-refractivity contribution in [1.29, 1.82) is 0 Å². The first kappa shape index (κ1) is 22.6. The van der Waals surface area contributed by atoms with E-state index in [4.69, 9.17) is 18.6 Å². The third-order valence-corrected chi connectivity index (χ3v) is 5.22. The number of carbonyl (C=O) groups is 1. The van der Waals surface area contributed by atoms with Crippen molar-refractivity contribution in [2.45, 2.75) is 30.7 Å². The van der Waals surface area contributed by atoms with Gasteiger partial charge in [0.05, 0.1) is 7.11 Å². The van der Waals surface area contributed by atoms with Gasteiger partial charge in [-0.15, -0.1) is 0 Å². The molecular weight excluding hydrogens is 440 g/mol. The van der Waals surface area contributed by atoms with Gasteiger partial charge in [-0.3, -0.25) is 4.79 Å². The molecule has 1 aliphatic heterocycles. The molecule has 0 bridgehead atoms. The van der Waals surface area contributed by atoms with E-state index in [2.05, 4.69) is 0 Å². The summed E-state index contributed by atoms with van der Waals surface area (Å²) in [6.07, 6.45) is -9.31. The standard InChI is InChI=1S/C22H20O11/c1-30-18-13(32-22-17(27)15(25)16(26)20(33-22)21(28)29)8-11(24)14-10(23)7-12(31-19(14)18)9-5-3-2-4-6-9/h2-8,15-17,20,22,24-27H,1H3,(H,28,29)/t15-,16-,17+,20-,22+/m0/s1. The fourth-order valence-corrected chi connectivity index (χ4v) is 3.57.